The second kappa shape index (κ2) is 3.56. The normalized spacial score (nSPS) is 10.3. The Morgan fingerprint density at radius 1 is 1.47 bits per heavy atom. The molecular formula is C9H8N2O4. The highest BCUT2D eigenvalue weighted by Gasteiger charge is 2.20. The van der Waals surface area contributed by atoms with Crippen molar-refractivity contribution in [2.75, 3.05) is 7.11 Å². The van der Waals surface area contributed by atoms with E-state index in [-0.39, 0.29) is 17.5 Å². The molecule has 0 atom stereocenters. The second-order valence-corrected chi connectivity index (χ2v) is 2.75. The van der Waals surface area contributed by atoms with Crippen LogP contribution < -0.4 is 0 Å². The Morgan fingerprint density at radius 2 is 2.27 bits per heavy atom. The fraction of sp³-hybridized carbons (Fsp3) is 0.222. The monoisotopic (exact) mass is 208 g/mol. The van der Waals surface area contributed by atoms with Gasteiger partial charge in [0.2, 0.25) is 0 Å². The van der Waals surface area contributed by atoms with E-state index in [1.807, 2.05) is 0 Å². The SMILES string of the molecule is COC(=O)c1nc(-c2ncco2)oc1C. The Kier molecular flexibility index (Phi) is 2.24. The number of carbonyl (C=O) groups is 1. The van der Waals surface area contributed by atoms with Crippen LogP contribution >= 0.6 is 0 Å². The molecule has 78 valence electrons. The number of hydrogen-bond donors (Lipinski definition) is 0. The van der Waals surface area contributed by atoms with Crippen molar-refractivity contribution in [3.05, 3.63) is 23.9 Å². The Hall–Kier alpha value is -2.11. The Balaban J connectivity index is 2.41. The third-order valence-corrected chi connectivity index (χ3v) is 1.79. The fourth-order valence-corrected chi connectivity index (χ4v) is 1.10. The molecule has 2 aromatic heterocycles. The summed E-state index contributed by atoms with van der Waals surface area (Å²) in [5.41, 5.74) is 0.130. The number of carbonyl (C=O) groups excluding carboxylic acids is 1. The van der Waals surface area contributed by atoms with Crippen LogP contribution in [0, 0.1) is 6.92 Å². The third-order valence-electron chi connectivity index (χ3n) is 1.79. The lowest BCUT2D eigenvalue weighted by Gasteiger charge is -1.91. The van der Waals surface area contributed by atoms with Crippen LogP contribution in [-0.2, 0) is 4.74 Å². The van der Waals surface area contributed by atoms with E-state index in [1.54, 1.807) is 6.92 Å². The molecule has 0 N–H and O–H groups in total. The van der Waals surface area contributed by atoms with Gasteiger partial charge in [-0.15, -0.1) is 0 Å². The summed E-state index contributed by atoms with van der Waals surface area (Å²) < 4.78 is 14.7. The van der Waals surface area contributed by atoms with Crippen LogP contribution in [0.2, 0.25) is 0 Å². The maximum absolute atomic E-state index is 11.2. The largest absolute Gasteiger partial charge is 0.464 e. The van der Waals surface area contributed by atoms with Gasteiger partial charge in [0.05, 0.1) is 13.3 Å². The van der Waals surface area contributed by atoms with Crippen LogP contribution in [0.15, 0.2) is 21.3 Å². The Bertz CT molecular complexity index is 472. The molecule has 0 saturated heterocycles. The highest BCUT2D eigenvalue weighted by Crippen LogP contribution is 2.20. The van der Waals surface area contributed by atoms with Gasteiger partial charge in [-0.2, -0.15) is 4.98 Å². The first-order valence-electron chi connectivity index (χ1n) is 4.18. The van der Waals surface area contributed by atoms with Crippen molar-refractivity contribution in [1.29, 1.82) is 0 Å². The van der Waals surface area contributed by atoms with Crippen LogP contribution in [0.25, 0.3) is 11.8 Å². The van der Waals surface area contributed by atoms with Crippen molar-refractivity contribution in [3.63, 3.8) is 0 Å². The van der Waals surface area contributed by atoms with E-state index in [2.05, 4.69) is 14.7 Å². The van der Waals surface area contributed by atoms with Gasteiger partial charge in [-0.1, -0.05) is 0 Å². The van der Waals surface area contributed by atoms with Crippen molar-refractivity contribution in [2.24, 2.45) is 0 Å². The molecule has 0 saturated carbocycles. The van der Waals surface area contributed by atoms with Gasteiger partial charge in [0.15, 0.2) is 5.69 Å². The number of nitrogens with zero attached hydrogens (tertiary/aromatic N) is 2. The average molecular weight is 208 g/mol. The number of rotatable bonds is 2. The van der Waals surface area contributed by atoms with Gasteiger partial charge in [-0.25, -0.2) is 9.78 Å². The van der Waals surface area contributed by atoms with Gasteiger partial charge in [-0.3, -0.25) is 0 Å². The molecule has 0 aliphatic heterocycles. The summed E-state index contributed by atoms with van der Waals surface area (Å²) >= 11 is 0. The van der Waals surface area contributed by atoms with Crippen LogP contribution in [0.4, 0.5) is 0 Å². The number of aromatic nitrogens is 2. The smallest absolute Gasteiger partial charge is 0.360 e. The van der Waals surface area contributed by atoms with Crippen molar-refractivity contribution < 1.29 is 18.4 Å². The maximum Gasteiger partial charge on any atom is 0.360 e. The van der Waals surface area contributed by atoms with E-state index < -0.39 is 5.97 Å². The minimum absolute atomic E-state index is 0.130. The van der Waals surface area contributed by atoms with E-state index in [0.29, 0.717) is 5.76 Å². The summed E-state index contributed by atoms with van der Waals surface area (Å²) in [4.78, 5) is 19.0. The summed E-state index contributed by atoms with van der Waals surface area (Å²) in [5.74, 6) is 0.218. The molecule has 2 heterocycles. The van der Waals surface area contributed by atoms with Crippen LogP contribution in [-0.4, -0.2) is 23.0 Å². The number of ether oxygens (including phenoxy) is 1. The van der Waals surface area contributed by atoms with Gasteiger partial charge in [-0.05, 0) is 6.92 Å². The molecule has 2 rings (SSSR count). The molecule has 0 bridgehead atoms. The number of esters is 1. The zero-order valence-electron chi connectivity index (χ0n) is 8.18. The van der Waals surface area contributed by atoms with Gasteiger partial charge in [0, 0.05) is 0 Å². The number of methoxy groups -OCH3 is 1. The molecule has 0 aliphatic carbocycles. The van der Waals surface area contributed by atoms with Crippen molar-refractivity contribution in [1.82, 2.24) is 9.97 Å². The third kappa shape index (κ3) is 1.61. The summed E-state index contributed by atoms with van der Waals surface area (Å²) in [6.07, 6.45) is 2.86. The van der Waals surface area contributed by atoms with Crippen LogP contribution in [0.3, 0.4) is 0 Å². The lowest BCUT2D eigenvalue weighted by Crippen LogP contribution is -2.03. The van der Waals surface area contributed by atoms with Gasteiger partial charge >= 0.3 is 5.97 Å². The zero-order valence-corrected chi connectivity index (χ0v) is 8.18. The minimum atomic E-state index is -0.547. The quantitative estimate of drug-likeness (QED) is 0.694. The highest BCUT2D eigenvalue weighted by atomic mass is 16.5. The summed E-state index contributed by atoms with van der Waals surface area (Å²) in [6.45, 7) is 1.62. The Labute approximate surface area is 84.9 Å². The Morgan fingerprint density at radius 3 is 2.87 bits per heavy atom. The molecule has 0 radical (unpaired) electrons. The number of oxazole rings is 2. The fourth-order valence-electron chi connectivity index (χ4n) is 1.10. The molecule has 6 heteroatoms. The molecule has 0 fully saturated rings. The van der Waals surface area contributed by atoms with Crippen LogP contribution in [0.5, 0.6) is 0 Å². The highest BCUT2D eigenvalue weighted by molar-refractivity contribution is 5.88. The molecule has 0 spiro atoms. The first kappa shape index (κ1) is 9.45. The number of aryl methyl sites for hydroxylation is 1. The summed E-state index contributed by atoms with van der Waals surface area (Å²) in [6, 6.07) is 0. The molecular weight excluding hydrogens is 200 g/mol. The maximum atomic E-state index is 11.2. The minimum Gasteiger partial charge on any atom is -0.464 e. The summed E-state index contributed by atoms with van der Waals surface area (Å²) in [5, 5.41) is 0. The van der Waals surface area contributed by atoms with Gasteiger partial charge < -0.3 is 13.6 Å². The molecule has 0 aliphatic rings. The first-order chi connectivity index (χ1) is 7.22. The predicted octanol–water partition coefficient (Wildman–Crippen LogP) is 1.42. The van der Waals surface area contributed by atoms with E-state index >= 15 is 0 Å². The predicted molar refractivity (Wildman–Crippen MR) is 48.1 cm³/mol. The molecule has 0 amide bonds. The summed E-state index contributed by atoms with van der Waals surface area (Å²) in [7, 11) is 1.28. The topological polar surface area (TPSA) is 78.4 Å². The molecule has 0 aromatic carbocycles. The van der Waals surface area contributed by atoms with Gasteiger partial charge in [0.25, 0.3) is 11.8 Å². The first-order valence-corrected chi connectivity index (χ1v) is 4.18. The van der Waals surface area contributed by atoms with Crippen molar-refractivity contribution in [2.45, 2.75) is 6.92 Å². The van der Waals surface area contributed by atoms with E-state index in [0.717, 1.165) is 0 Å². The lowest BCUT2D eigenvalue weighted by atomic mass is 10.4. The van der Waals surface area contributed by atoms with Crippen molar-refractivity contribution in [3.8, 4) is 11.8 Å². The van der Waals surface area contributed by atoms with Gasteiger partial charge in [0.1, 0.15) is 12.0 Å². The van der Waals surface area contributed by atoms with E-state index in [4.69, 9.17) is 8.83 Å². The average Bonchev–Trinajstić information content (AvgIpc) is 2.84. The molecule has 15 heavy (non-hydrogen) atoms. The molecule has 0 unspecified atom stereocenters. The standard InChI is InChI=1S/C9H8N2O4/c1-5-6(9(12)13-2)11-8(15-5)7-10-3-4-14-7/h3-4H,1-2H3. The molecule has 6 nitrogen and oxygen atoms in total. The molecule has 2 aromatic rings. The van der Waals surface area contributed by atoms with E-state index in [9.17, 15) is 4.79 Å². The van der Waals surface area contributed by atoms with E-state index in [1.165, 1.54) is 19.6 Å². The second-order valence-electron chi connectivity index (χ2n) is 2.75. The lowest BCUT2D eigenvalue weighted by molar-refractivity contribution is 0.0593. The number of hydrogen-bond acceptors (Lipinski definition) is 6. The zero-order chi connectivity index (χ0) is 10.8. The van der Waals surface area contributed by atoms with Crippen molar-refractivity contribution >= 4 is 5.97 Å². The van der Waals surface area contributed by atoms with Crippen LogP contribution in [0.1, 0.15) is 16.2 Å².